The van der Waals surface area contributed by atoms with E-state index in [0.717, 1.165) is 35.6 Å². The lowest BCUT2D eigenvalue weighted by molar-refractivity contribution is -0.494. The van der Waals surface area contributed by atoms with E-state index in [1.165, 1.54) is 12.1 Å². The molecule has 1 aliphatic carbocycles. The summed E-state index contributed by atoms with van der Waals surface area (Å²) in [6, 6.07) is 9.02. The lowest BCUT2D eigenvalue weighted by Crippen LogP contribution is -2.16. The van der Waals surface area contributed by atoms with Crippen LogP contribution in [0.25, 0.3) is 11.3 Å². The summed E-state index contributed by atoms with van der Waals surface area (Å²) in [6.45, 7) is 0.619. The van der Waals surface area contributed by atoms with Gasteiger partial charge in [0.2, 0.25) is 0 Å². The van der Waals surface area contributed by atoms with Crippen LogP contribution in [-0.4, -0.2) is 23.9 Å². The van der Waals surface area contributed by atoms with E-state index in [1.54, 1.807) is 18.2 Å². The van der Waals surface area contributed by atoms with E-state index in [-0.39, 0.29) is 11.3 Å². The molecule has 0 N–H and O–H groups in total. The molecule has 1 heterocycles. The van der Waals surface area contributed by atoms with Crippen molar-refractivity contribution in [3.8, 4) is 6.07 Å². The Morgan fingerprint density at radius 3 is 2.11 bits per heavy atom. The summed E-state index contributed by atoms with van der Waals surface area (Å²) >= 11 is 0. The maximum absolute atomic E-state index is 13.9. The van der Waals surface area contributed by atoms with Gasteiger partial charge in [0.25, 0.3) is 0 Å². The minimum atomic E-state index is -1.03. The van der Waals surface area contributed by atoms with Crippen molar-refractivity contribution < 1.29 is 26.9 Å². The highest BCUT2D eigenvalue weighted by atomic mass is 19.2. The minimum Gasteiger partial charge on any atom is -0.457 e. The van der Waals surface area contributed by atoms with Gasteiger partial charge in [-0.1, -0.05) is 12.1 Å². The predicted molar refractivity (Wildman–Crippen MR) is 130 cm³/mol. The fourth-order valence-electron chi connectivity index (χ4n) is 3.60. The first-order chi connectivity index (χ1) is 17.3. The molecule has 4 rings (SSSR count). The topological polar surface area (TPSA) is 36.0 Å². The number of hydrogen-bond acceptors (Lipinski definition) is 2. The molecule has 0 unspecified atom stereocenters. The van der Waals surface area contributed by atoms with E-state index >= 15 is 0 Å². The number of ether oxygens (including phenoxy) is 1. The first-order valence-corrected chi connectivity index (χ1v) is 11.1. The average Bonchev–Trinajstić information content (AvgIpc) is 2.89. The summed E-state index contributed by atoms with van der Waals surface area (Å²) in [4.78, 5) is 0. The van der Waals surface area contributed by atoms with E-state index in [2.05, 4.69) is 6.07 Å². The van der Waals surface area contributed by atoms with Gasteiger partial charge in [-0.25, -0.2) is 22.1 Å². The van der Waals surface area contributed by atoms with Gasteiger partial charge in [0.1, 0.15) is 18.6 Å². The molecule has 0 saturated heterocycles. The Labute approximate surface area is 206 Å². The second-order valence-corrected chi connectivity index (χ2v) is 8.13. The summed E-state index contributed by atoms with van der Waals surface area (Å²) in [5.41, 5.74) is 3.03. The molecule has 36 heavy (non-hydrogen) atoms. The van der Waals surface area contributed by atoms with Crippen molar-refractivity contribution in [1.82, 2.24) is 0 Å². The summed E-state index contributed by atoms with van der Waals surface area (Å²) in [6.07, 6.45) is 14.8. The van der Waals surface area contributed by atoms with Crippen molar-refractivity contribution in [1.29, 1.82) is 5.26 Å². The number of halogens is 4. The fraction of sp³-hybridized carbons (Fsp3) is 0.103. The molecule has 0 amide bonds. The molecule has 0 radical (unpaired) electrons. The van der Waals surface area contributed by atoms with Crippen LogP contribution in [0.4, 0.5) is 17.6 Å². The molecule has 0 saturated carbocycles. The molecule has 2 aromatic rings. The second kappa shape index (κ2) is 10.9. The number of allylic oxidation sites excluding steroid dienone is 10. The predicted octanol–water partition coefficient (Wildman–Crippen LogP) is 6.63. The van der Waals surface area contributed by atoms with E-state index < -0.39 is 23.3 Å². The molecule has 1 aliphatic heterocycles. The number of nitriles is 1. The third-order valence-electron chi connectivity index (χ3n) is 5.60. The average molecular weight is 489 g/mol. The minimum absolute atomic E-state index is 0.227. The first-order valence-electron chi connectivity index (χ1n) is 11.1. The van der Waals surface area contributed by atoms with Crippen molar-refractivity contribution in [2.45, 2.75) is 6.42 Å². The smallest absolute Gasteiger partial charge is 0.199 e. The Balaban J connectivity index is 1.67. The molecule has 0 spiro atoms. The molecule has 2 aromatic carbocycles. The van der Waals surface area contributed by atoms with Crippen LogP contribution in [0.5, 0.6) is 0 Å². The molecule has 0 atom stereocenters. The van der Waals surface area contributed by atoms with Crippen LogP contribution in [0.15, 0.2) is 96.3 Å². The zero-order chi connectivity index (χ0) is 25.7. The summed E-state index contributed by atoms with van der Waals surface area (Å²) in [7, 11) is 1.91. The van der Waals surface area contributed by atoms with Crippen molar-refractivity contribution in [3.05, 3.63) is 131 Å². The van der Waals surface area contributed by atoms with Gasteiger partial charge in [-0.3, -0.25) is 0 Å². The molecule has 0 fully saturated rings. The van der Waals surface area contributed by atoms with Crippen molar-refractivity contribution in [3.63, 3.8) is 0 Å². The highest BCUT2D eigenvalue weighted by molar-refractivity contribution is 6.02. The summed E-state index contributed by atoms with van der Waals surface area (Å²) < 4.78 is 62.6. The maximum Gasteiger partial charge on any atom is 0.199 e. The zero-order valence-electron chi connectivity index (χ0n) is 19.3. The Morgan fingerprint density at radius 1 is 0.833 bits per heavy atom. The van der Waals surface area contributed by atoms with Crippen LogP contribution in [0.2, 0.25) is 0 Å². The third kappa shape index (κ3) is 5.78. The molecule has 2 aliphatic rings. The molecule has 0 aromatic heterocycles. The van der Waals surface area contributed by atoms with E-state index in [9.17, 15) is 17.6 Å². The number of benzene rings is 2. The highest BCUT2D eigenvalue weighted by Gasteiger charge is 2.17. The van der Waals surface area contributed by atoms with Gasteiger partial charge in [0, 0.05) is 17.7 Å². The number of hydrogen-bond donors (Lipinski definition) is 0. The third-order valence-corrected chi connectivity index (χ3v) is 5.60. The Bertz CT molecular complexity index is 1450. The van der Waals surface area contributed by atoms with E-state index in [4.69, 9.17) is 10.00 Å². The van der Waals surface area contributed by atoms with Crippen molar-refractivity contribution >= 4 is 17.0 Å². The Hall–Kier alpha value is -4.44. The molecular weight excluding hydrogens is 468 g/mol. The normalized spacial score (nSPS) is 15.8. The Morgan fingerprint density at radius 2 is 1.47 bits per heavy atom. The lowest BCUT2D eigenvalue weighted by Gasteiger charge is -2.18. The van der Waals surface area contributed by atoms with Gasteiger partial charge in [-0.15, -0.1) is 0 Å². The fourth-order valence-corrected chi connectivity index (χ4v) is 3.60. The molecule has 7 heteroatoms. The van der Waals surface area contributed by atoms with Crippen LogP contribution >= 0.6 is 0 Å². The lowest BCUT2D eigenvalue weighted by atomic mass is 10.00. The maximum atomic E-state index is 13.9. The van der Waals surface area contributed by atoms with Crippen molar-refractivity contribution in [2.24, 2.45) is 0 Å². The largest absolute Gasteiger partial charge is 0.457 e. The molecular formula is C29H21F4N2O+. The highest BCUT2D eigenvalue weighted by Crippen LogP contribution is 2.33. The van der Waals surface area contributed by atoms with Crippen LogP contribution in [0, 0.1) is 34.6 Å². The second-order valence-electron chi connectivity index (χ2n) is 8.13. The van der Waals surface area contributed by atoms with Gasteiger partial charge in [-0.05, 0) is 77.4 Å². The number of nitrogens with zero attached hydrogens (tertiary/aromatic N) is 2. The molecule has 180 valence electrons. The summed E-state index contributed by atoms with van der Waals surface area (Å²) in [5, 5.41) is 8.76. The van der Waals surface area contributed by atoms with Gasteiger partial charge in [0.15, 0.2) is 35.5 Å². The van der Waals surface area contributed by atoms with Gasteiger partial charge in [0.05, 0.1) is 12.5 Å². The first kappa shape index (κ1) is 24.7. The number of rotatable bonds is 5. The van der Waals surface area contributed by atoms with Crippen molar-refractivity contribution in [2.75, 3.05) is 13.6 Å². The van der Waals surface area contributed by atoms with Gasteiger partial charge < -0.3 is 4.74 Å². The van der Waals surface area contributed by atoms with Crippen LogP contribution < -0.4 is 0 Å². The van der Waals surface area contributed by atoms with Crippen LogP contribution in [0.3, 0.4) is 0 Å². The van der Waals surface area contributed by atoms with E-state index in [1.807, 2.05) is 42.0 Å². The molecule has 0 bridgehead atoms. The standard InChI is InChI=1S/C29H21F4N2O/c1-35(14-2-13-34)23-8-3-19(4-9-23)5-10-24-15-22(20-6-11-25(30)27(32)16-20)18-29(36-24)21-7-12-26(31)28(33)17-21/h3-12,15-18H,2,14H2,1H3/q+1/b19-5?,24-10+,35-23?. The molecule has 3 nitrogen and oxygen atoms in total. The van der Waals surface area contributed by atoms with Crippen LogP contribution in [0.1, 0.15) is 17.5 Å². The van der Waals surface area contributed by atoms with Crippen LogP contribution in [-0.2, 0) is 4.74 Å². The van der Waals surface area contributed by atoms with Gasteiger partial charge in [-0.2, -0.15) is 5.26 Å². The SMILES string of the molecule is C[N+](CCC#N)=C1C=CC(=C/C=C2\C=C(c3ccc(F)c(F)c3)C=C(c3ccc(F)c(F)c3)O2)C=C1. The monoisotopic (exact) mass is 489 g/mol. The summed E-state index contributed by atoms with van der Waals surface area (Å²) in [5.74, 6) is -3.39. The zero-order valence-corrected chi connectivity index (χ0v) is 19.3. The van der Waals surface area contributed by atoms with Gasteiger partial charge >= 0.3 is 0 Å². The quantitative estimate of drug-likeness (QED) is 0.349. The Kier molecular flexibility index (Phi) is 7.45. The van der Waals surface area contributed by atoms with E-state index in [0.29, 0.717) is 29.9 Å².